The van der Waals surface area contributed by atoms with E-state index in [0.717, 1.165) is 18.4 Å². The molecule has 0 amide bonds. The number of aliphatic hydroxyl groups excluding tert-OH is 1. The first-order valence-corrected chi connectivity index (χ1v) is 11.1. The number of ether oxygens (including phenoxy) is 1. The average Bonchev–Trinajstić information content (AvgIpc) is 3.65. The standard InChI is InChI=1S/C26H22F7NO2/c27-22-10-9-18(25(28,29)30)13-21(22)24(34-14-23(35)26(31,32)33)17-4-2-6-20(12-17)36-19-5-1-3-16(11-19)15-7-8-15/h1-6,9-13,15,23-24,34-35H,7-8,14H2. The number of hydrogen-bond acceptors (Lipinski definition) is 3. The third-order valence-electron chi connectivity index (χ3n) is 5.86. The van der Waals surface area contributed by atoms with Gasteiger partial charge in [-0.3, -0.25) is 0 Å². The van der Waals surface area contributed by atoms with Gasteiger partial charge in [0.15, 0.2) is 6.10 Å². The minimum atomic E-state index is -4.97. The van der Waals surface area contributed by atoms with E-state index in [2.05, 4.69) is 5.32 Å². The summed E-state index contributed by atoms with van der Waals surface area (Å²) in [6, 6.07) is 13.5. The number of alkyl halides is 6. The van der Waals surface area contributed by atoms with Crippen molar-refractivity contribution >= 4 is 0 Å². The predicted molar refractivity (Wildman–Crippen MR) is 118 cm³/mol. The SMILES string of the molecule is OC(CNC(c1cccc(Oc2cccc(C3CC3)c2)c1)c1cc(C(F)(F)F)ccc1F)C(F)(F)F. The second-order valence-corrected chi connectivity index (χ2v) is 8.65. The normalized spacial score (nSPS) is 16.0. The Hall–Kier alpha value is -3.11. The second kappa shape index (κ2) is 10.1. The number of benzene rings is 3. The maximum Gasteiger partial charge on any atom is 0.416 e. The quantitative estimate of drug-likeness (QED) is 0.315. The number of rotatable bonds is 8. The summed E-state index contributed by atoms with van der Waals surface area (Å²) in [6.07, 6.45) is -10.4. The molecule has 0 aliphatic heterocycles. The zero-order chi connectivity index (χ0) is 26.1. The second-order valence-electron chi connectivity index (χ2n) is 8.65. The summed E-state index contributed by atoms with van der Waals surface area (Å²) >= 11 is 0. The van der Waals surface area contributed by atoms with Crippen LogP contribution in [0.3, 0.4) is 0 Å². The Kier molecular flexibility index (Phi) is 7.28. The molecule has 36 heavy (non-hydrogen) atoms. The first-order valence-electron chi connectivity index (χ1n) is 11.1. The van der Waals surface area contributed by atoms with Crippen molar-refractivity contribution in [3.05, 3.63) is 94.8 Å². The fraction of sp³-hybridized carbons (Fsp3) is 0.308. The number of hydrogen-bond donors (Lipinski definition) is 2. The van der Waals surface area contributed by atoms with Crippen molar-refractivity contribution in [2.75, 3.05) is 6.54 Å². The van der Waals surface area contributed by atoms with Crippen molar-refractivity contribution in [2.45, 2.75) is 43.3 Å². The van der Waals surface area contributed by atoms with Gasteiger partial charge in [-0.15, -0.1) is 0 Å². The highest BCUT2D eigenvalue weighted by molar-refractivity contribution is 5.42. The van der Waals surface area contributed by atoms with Crippen LogP contribution in [-0.4, -0.2) is 23.9 Å². The molecule has 3 aromatic rings. The molecule has 4 rings (SSSR count). The topological polar surface area (TPSA) is 41.5 Å². The van der Waals surface area contributed by atoms with E-state index in [9.17, 15) is 35.8 Å². The maximum atomic E-state index is 14.7. The minimum absolute atomic E-state index is 0.151. The van der Waals surface area contributed by atoms with E-state index in [4.69, 9.17) is 4.74 Å². The zero-order valence-electron chi connectivity index (χ0n) is 18.7. The van der Waals surface area contributed by atoms with Gasteiger partial charge in [-0.2, -0.15) is 26.3 Å². The van der Waals surface area contributed by atoms with Gasteiger partial charge in [-0.1, -0.05) is 24.3 Å². The average molecular weight is 513 g/mol. The van der Waals surface area contributed by atoms with Crippen molar-refractivity contribution in [1.82, 2.24) is 5.32 Å². The monoisotopic (exact) mass is 513 g/mol. The van der Waals surface area contributed by atoms with E-state index in [1.54, 1.807) is 12.1 Å². The van der Waals surface area contributed by atoms with Crippen LogP contribution in [-0.2, 0) is 6.18 Å². The summed E-state index contributed by atoms with van der Waals surface area (Å²) in [7, 11) is 0. The fourth-order valence-corrected chi connectivity index (χ4v) is 3.84. The van der Waals surface area contributed by atoms with Crippen LogP contribution in [0.1, 0.15) is 47.1 Å². The van der Waals surface area contributed by atoms with Crippen LogP contribution in [0.4, 0.5) is 30.7 Å². The molecule has 1 saturated carbocycles. The van der Waals surface area contributed by atoms with Crippen LogP contribution >= 0.6 is 0 Å². The molecule has 2 atom stereocenters. The largest absolute Gasteiger partial charge is 0.457 e. The Bertz CT molecular complexity index is 1210. The molecule has 1 aliphatic rings. The molecular formula is C26H22F7NO2. The van der Waals surface area contributed by atoms with Crippen LogP contribution in [0.25, 0.3) is 0 Å². The van der Waals surface area contributed by atoms with Crippen LogP contribution < -0.4 is 10.1 Å². The Labute approximate surface area is 202 Å². The number of aliphatic hydroxyl groups is 1. The summed E-state index contributed by atoms with van der Waals surface area (Å²) in [5.41, 5.74) is -0.424. The summed E-state index contributed by atoms with van der Waals surface area (Å²) < 4.78 is 99.1. The van der Waals surface area contributed by atoms with Gasteiger partial charge in [0, 0.05) is 12.1 Å². The lowest BCUT2D eigenvalue weighted by atomic mass is 9.95. The fourth-order valence-electron chi connectivity index (χ4n) is 3.84. The third kappa shape index (κ3) is 6.36. The van der Waals surface area contributed by atoms with E-state index in [1.165, 1.54) is 18.2 Å². The molecule has 3 aromatic carbocycles. The molecule has 0 saturated heterocycles. The molecule has 2 N–H and O–H groups in total. The van der Waals surface area contributed by atoms with Crippen molar-refractivity contribution < 1.29 is 40.6 Å². The molecule has 0 bridgehead atoms. The molecule has 0 aromatic heterocycles. The highest BCUT2D eigenvalue weighted by Gasteiger charge is 2.39. The lowest BCUT2D eigenvalue weighted by Gasteiger charge is -2.24. The molecule has 0 heterocycles. The van der Waals surface area contributed by atoms with Crippen LogP contribution in [0.2, 0.25) is 0 Å². The van der Waals surface area contributed by atoms with Gasteiger partial charge >= 0.3 is 12.4 Å². The van der Waals surface area contributed by atoms with Gasteiger partial charge in [-0.05, 0) is 72.4 Å². The van der Waals surface area contributed by atoms with Crippen molar-refractivity contribution in [1.29, 1.82) is 0 Å². The van der Waals surface area contributed by atoms with Crippen molar-refractivity contribution in [3.8, 4) is 11.5 Å². The van der Waals surface area contributed by atoms with Gasteiger partial charge in [-0.25, -0.2) is 4.39 Å². The lowest BCUT2D eigenvalue weighted by molar-refractivity contribution is -0.202. The molecule has 0 radical (unpaired) electrons. The summed E-state index contributed by atoms with van der Waals surface area (Å²) in [6.45, 7) is -1.07. The van der Waals surface area contributed by atoms with E-state index in [0.29, 0.717) is 29.9 Å². The number of nitrogens with one attached hydrogen (secondary N) is 1. The molecule has 0 spiro atoms. The first kappa shape index (κ1) is 26.0. The van der Waals surface area contributed by atoms with Crippen molar-refractivity contribution in [2.24, 2.45) is 0 Å². The zero-order valence-corrected chi connectivity index (χ0v) is 18.7. The van der Waals surface area contributed by atoms with Gasteiger partial charge in [0.1, 0.15) is 17.3 Å². The van der Waals surface area contributed by atoms with Crippen LogP contribution in [0.15, 0.2) is 66.7 Å². The predicted octanol–water partition coefficient (Wildman–Crippen LogP) is 7.12. The highest BCUT2D eigenvalue weighted by atomic mass is 19.4. The van der Waals surface area contributed by atoms with Crippen LogP contribution in [0, 0.1) is 5.82 Å². The molecule has 1 fully saturated rings. The van der Waals surface area contributed by atoms with Gasteiger partial charge in [0.25, 0.3) is 0 Å². The summed E-state index contributed by atoms with van der Waals surface area (Å²) in [4.78, 5) is 0. The summed E-state index contributed by atoms with van der Waals surface area (Å²) in [5, 5.41) is 11.8. The highest BCUT2D eigenvalue weighted by Crippen LogP contribution is 2.41. The third-order valence-corrected chi connectivity index (χ3v) is 5.86. The number of halogens is 7. The van der Waals surface area contributed by atoms with Crippen molar-refractivity contribution in [3.63, 3.8) is 0 Å². The van der Waals surface area contributed by atoms with E-state index >= 15 is 0 Å². The summed E-state index contributed by atoms with van der Waals surface area (Å²) in [5.74, 6) is 0.192. The molecular weight excluding hydrogens is 491 g/mol. The first-order chi connectivity index (χ1) is 16.9. The Morgan fingerprint density at radius 1 is 0.889 bits per heavy atom. The van der Waals surface area contributed by atoms with Gasteiger partial charge in [0.05, 0.1) is 11.6 Å². The van der Waals surface area contributed by atoms with E-state index in [1.807, 2.05) is 18.2 Å². The lowest BCUT2D eigenvalue weighted by Crippen LogP contribution is -2.40. The molecule has 192 valence electrons. The van der Waals surface area contributed by atoms with Gasteiger partial charge < -0.3 is 15.2 Å². The molecule has 2 unspecified atom stereocenters. The Morgan fingerprint density at radius 3 is 2.19 bits per heavy atom. The smallest absolute Gasteiger partial charge is 0.416 e. The maximum absolute atomic E-state index is 14.7. The molecule has 1 aliphatic carbocycles. The molecule has 10 heteroatoms. The Balaban J connectivity index is 1.67. The molecule has 3 nitrogen and oxygen atoms in total. The Morgan fingerprint density at radius 2 is 1.56 bits per heavy atom. The van der Waals surface area contributed by atoms with E-state index < -0.39 is 48.0 Å². The van der Waals surface area contributed by atoms with Crippen LogP contribution in [0.5, 0.6) is 11.5 Å². The minimum Gasteiger partial charge on any atom is -0.457 e. The van der Waals surface area contributed by atoms with E-state index in [-0.39, 0.29) is 11.3 Å². The van der Waals surface area contributed by atoms with Gasteiger partial charge in [0.2, 0.25) is 0 Å².